The van der Waals surface area contributed by atoms with Crippen LogP contribution in [-0.2, 0) is 0 Å². The molecule has 3 heteroatoms. The Morgan fingerprint density at radius 3 is 2.50 bits per heavy atom. The molecule has 1 aromatic rings. The molecule has 0 radical (unpaired) electrons. The maximum Gasteiger partial charge on any atom is 0.125 e. The zero-order chi connectivity index (χ0) is 10.7. The van der Waals surface area contributed by atoms with E-state index in [0.29, 0.717) is 10.7 Å². The van der Waals surface area contributed by atoms with Gasteiger partial charge in [0.25, 0.3) is 0 Å². The normalized spacial score (nSPS) is 15.2. The van der Waals surface area contributed by atoms with Crippen molar-refractivity contribution in [3.63, 3.8) is 0 Å². The zero-order valence-corrected chi connectivity index (χ0v) is 10.8. The van der Waals surface area contributed by atoms with Crippen LogP contribution in [0.15, 0.2) is 6.07 Å². The number of nitrogens with zero attached hydrogens (tertiary/aromatic N) is 2. The smallest absolute Gasteiger partial charge is 0.125 e. The van der Waals surface area contributed by atoms with E-state index in [1.165, 1.54) is 0 Å². The van der Waals surface area contributed by atoms with Gasteiger partial charge in [0.05, 0.1) is 0 Å². The molecule has 0 aliphatic carbocycles. The fraction of sp³-hybridized carbons (Fsp3) is 0.636. The Bertz CT molecular complexity index is 292. The molecule has 2 unspecified atom stereocenters. The Balaban J connectivity index is 2.94. The van der Waals surface area contributed by atoms with Gasteiger partial charge in [-0.3, -0.25) is 0 Å². The zero-order valence-electron chi connectivity index (χ0n) is 9.21. The molecule has 78 valence electrons. The van der Waals surface area contributed by atoms with E-state index in [9.17, 15) is 0 Å². The molecule has 0 fully saturated rings. The number of hydrogen-bond acceptors (Lipinski definition) is 2. The molecule has 0 saturated carbocycles. The molecule has 2 atom stereocenters. The van der Waals surface area contributed by atoms with E-state index in [2.05, 4.69) is 45.8 Å². The SMILES string of the molecule is CCC(Br)C(C)c1cc(C)nc(C)n1. The summed E-state index contributed by atoms with van der Waals surface area (Å²) < 4.78 is 0. The van der Waals surface area contributed by atoms with E-state index in [-0.39, 0.29) is 0 Å². The minimum absolute atomic E-state index is 0.445. The van der Waals surface area contributed by atoms with Crippen molar-refractivity contribution in [1.29, 1.82) is 0 Å². The summed E-state index contributed by atoms with van der Waals surface area (Å²) in [7, 11) is 0. The first kappa shape index (κ1) is 11.6. The first-order valence-electron chi connectivity index (χ1n) is 5.00. The van der Waals surface area contributed by atoms with E-state index >= 15 is 0 Å². The minimum atomic E-state index is 0.445. The molecular formula is C11H17BrN2. The van der Waals surface area contributed by atoms with Gasteiger partial charge in [-0.25, -0.2) is 9.97 Å². The quantitative estimate of drug-likeness (QED) is 0.776. The van der Waals surface area contributed by atoms with Crippen LogP contribution in [0.2, 0.25) is 0 Å². The van der Waals surface area contributed by atoms with Crippen LogP contribution >= 0.6 is 15.9 Å². The van der Waals surface area contributed by atoms with Gasteiger partial charge in [0.15, 0.2) is 0 Å². The van der Waals surface area contributed by atoms with E-state index in [1.807, 2.05) is 13.8 Å². The molecule has 0 aromatic carbocycles. The third-order valence-electron chi connectivity index (χ3n) is 2.38. The predicted molar refractivity (Wildman–Crippen MR) is 62.9 cm³/mol. The lowest BCUT2D eigenvalue weighted by Gasteiger charge is -2.16. The second-order valence-corrected chi connectivity index (χ2v) is 4.87. The van der Waals surface area contributed by atoms with Crippen LogP contribution in [0, 0.1) is 13.8 Å². The second kappa shape index (κ2) is 4.87. The van der Waals surface area contributed by atoms with Crippen LogP contribution in [0.1, 0.15) is 43.4 Å². The summed E-state index contributed by atoms with van der Waals surface area (Å²) in [5, 5.41) is 0. The summed E-state index contributed by atoms with van der Waals surface area (Å²) in [5.74, 6) is 1.31. The van der Waals surface area contributed by atoms with Gasteiger partial charge in [0.1, 0.15) is 5.82 Å². The molecular weight excluding hydrogens is 240 g/mol. The van der Waals surface area contributed by atoms with E-state index in [0.717, 1.165) is 23.6 Å². The van der Waals surface area contributed by atoms with Gasteiger partial charge < -0.3 is 0 Å². The molecule has 0 aliphatic heterocycles. The Hall–Kier alpha value is -0.440. The average molecular weight is 257 g/mol. The molecule has 0 bridgehead atoms. The molecule has 0 amide bonds. The van der Waals surface area contributed by atoms with Crippen LogP contribution < -0.4 is 0 Å². The van der Waals surface area contributed by atoms with Gasteiger partial charge in [0.2, 0.25) is 0 Å². The van der Waals surface area contributed by atoms with E-state index < -0.39 is 0 Å². The number of halogens is 1. The summed E-state index contributed by atoms with van der Waals surface area (Å²) in [6.07, 6.45) is 1.11. The number of rotatable bonds is 3. The molecule has 2 nitrogen and oxygen atoms in total. The summed E-state index contributed by atoms with van der Waals surface area (Å²) in [6, 6.07) is 2.07. The van der Waals surface area contributed by atoms with Crippen molar-refractivity contribution < 1.29 is 0 Å². The Morgan fingerprint density at radius 1 is 1.36 bits per heavy atom. The molecule has 0 N–H and O–H groups in total. The summed E-state index contributed by atoms with van der Waals surface area (Å²) in [4.78, 5) is 9.23. The van der Waals surface area contributed by atoms with Crippen molar-refractivity contribution in [1.82, 2.24) is 9.97 Å². The first-order valence-corrected chi connectivity index (χ1v) is 5.92. The monoisotopic (exact) mass is 256 g/mol. The lowest BCUT2D eigenvalue weighted by atomic mass is 10.0. The summed E-state index contributed by atoms with van der Waals surface area (Å²) in [5.41, 5.74) is 2.19. The fourth-order valence-corrected chi connectivity index (χ4v) is 1.79. The molecule has 0 saturated heterocycles. The van der Waals surface area contributed by atoms with Crippen molar-refractivity contribution >= 4 is 15.9 Å². The molecule has 0 spiro atoms. The number of aromatic nitrogens is 2. The fourth-order valence-electron chi connectivity index (χ4n) is 1.52. The van der Waals surface area contributed by atoms with Crippen LogP contribution in [0.3, 0.4) is 0 Å². The van der Waals surface area contributed by atoms with Gasteiger partial charge in [-0.1, -0.05) is 29.8 Å². The van der Waals surface area contributed by atoms with Gasteiger partial charge in [-0.05, 0) is 26.3 Å². The van der Waals surface area contributed by atoms with E-state index in [4.69, 9.17) is 0 Å². The Morgan fingerprint density at radius 2 is 2.00 bits per heavy atom. The molecule has 0 aliphatic rings. The lowest BCUT2D eigenvalue weighted by molar-refractivity contribution is 0.667. The maximum atomic E-state index is 4.46. The van der Waals surface area contributed by atoms with Crippen LogP contribution in [0.4, 0.5) is 0 Å². The first-order chi connectivity index (χ1) is 6.54. The molecule has 14 heavy (non-hydrogen) atoms. The Kier molecular flexibility index (Phi) is 4.05. The summed E-state index contributed by atoms with van der Waals surface area (Å²) >= 11 is 3.67. The van der Waals surface area contributed by atoms with Crippen molar-refractivity contribution in [3.8, 4) is 0 Å². The minimum Gasteiger partial charge on any atom is -0.239 e. The highest BCUT2D eigenvalue weighted by Crippen LogP contribution is 2.25. The largest absolute Gasteiger partial charge is 0.239 e. The van der Waals surface area contributed by atoms with Gasteiger partial charge >= 0.3 is 0 Å². The third kappa shape index (κ3) is 2.77. The average Bonchev–Trinajstić information content (AvgIpc) is 2.14. The van der Waals surface area contributed by atoms with Crippen LogP contribution in [-0.4, -0.2) is 14.8 Å². The van der Waals surface area contributed by atoms with Crippen molar-refractivity contribution in [2.45, 2.75) is 44.9 Å². The second-order valence-electron chi connectivity index (χ2n) is 3.69. The molecule has 1 aromatic heterocycles. The predicted octanol–water partition coefficient (Wildman–Crippen LogP) is 3.37. The third-order valence-corrected chi connectivity index (χ3v) is 3.83. The molecule has 1 heterocycles. The van der Waals surface area contributed by atoms with Crippen molar-refractivity contribution in [2.24, 2.45) is 0 Å². The number of hydrogen-bond donors (Lipinski definition) is 0. The van der Waals surface area contributed by atoms with Crippen LogP contribution in [0.25, 0.3) is 0 Å². The van der Waals surface area contributed by atoms with Gasteiger partial charge in [0, 0.05) is 22.1 Å². The summed E-state index contributed by atoms with van der Waals surface area (Å²) in [6.45, 7) is 8.33. The maximum absolute atomic E-state index is 4.46. The van der Waals surface area contributed by atoms with Crippen molar-refractivity contribution in [2.75, 3.05) is 0 Å². The highest BCUT2D eigenvalue weighted by molar-refractivity contribution is 9.09. The van der Waals surface area contributed by atoms with Gasteiger partial charge in [-0.15, -0.1) is 0 Å². The van der Waals surface area contributed by atoms with E-state index in [1.54, 1.807) is 0 Å². The topological polar surface area (TPSA) is 25.8 Å². The van der Waals surface area contributed by atoms with Crippen molar-refractivity contribution in [3.05, 3.63) is 23.3 Å². The molecule has 1 rings (SSSR count). The highest BCUT2D eigenvalue weighted by Gasteiger charge is 2.16. The lowest BCUT2D eigenvalue weighted by Crippen LogP contribution is -2.11. The number of alkyl halides is 1. The Labute approximate surface area is 94.3 Å². The highest BCUT2D eigenvalue weighted by atomic mass is 79.9. The number of aryl methyl sites for hydroxylation is 2. The standard InChI is InChI=1S/C11H17BrN2/c1-5-10(12)8(3)11-6-7(2)13-9(4)14-11/h6,8,10H,5H2,1-4H3. The van der Waals surface area contributed by atoms with Crippen LogP contribution in [0.5, 0.6) is 0 Å². The van der Waals surface area contributed by atoms with Gasteiger partial charge in [-0.2, -0.15) is 0 Å².